The van der Waals surface area contributed by atoms with Crippen LogP contribution in [0.4, 0.5) is 4.39 Å². The van der Waals surface area contributed by atoms with Crippen molar-refractivity contribution in [3.05, 3.63) is 83.6 Å². The minimum absolute atomic E-state index is 0.000628. The van der Waals surface area contributed by atoms with E-state index in [2.05, 4.69) is 20.2 Å². The first-order valence-corrected chi connectivity index (χ1v) is 9.96. The van der Waals surface area contributed by atoms with Crippen molar-refractivity contribution in [1.82, 2.24) is 29.5 Å². The SMILES string of the molecule is Cc1ccccc1-c1ccc(Cn2ncc3nc(-n4cc(C(=O)O)cn4)nc(O)c32)cc1F. The Bertz CT molecular complexity index is 1520. The summed E-state index contributed by atoms with van der Waals surface area (Å²) in [6.45, 7) is 2.12. The molecule has 0 aliphatic carbocycles. The van der Waals surface area contributed by atoms with E-state index in [1.54, 1.807) is 6.07 Å². The molecular weight excluding hydrogens is 427 g/mol. The number of carboxylic acids is 1. The fourth-order valence-corrected chi connectivity index (χ4v) is 3.66. The number of rotatable bonds is 5. The molecule has 3 aromatic heterocycles. The molecule has 0 fully saturated rings. The summed E-state index contributed by atoms with van der Waals surface area (Å²) in [5, 5.41) is 27.7. The summed E-state index contributed by atoms with van der Waals surface area (Å²) in [7, 11) is 0. The molecule has 5 aromatic rings. The highest BCUT2D eigenvalue weighted by Gasteiger charge is 2.17. The van der Waals surface area contributed by atoms with Crippen LogP contribution in [0.2, 0.25) is 0 Å². The Morgan fingerprint density at radius 1 is 1.06 bits per heavy atom. The fraction of sp³-hybridized carbons (Fsp3) is 0.0870. The van der Waals surface area contributed by atoms with Crippen LogP contribution in [0.3, 0.4) is 0 Å². The monoisotopic (exact) mass is 444 g/mol. The molecule has 164 valence electrons. The van der Waals surface area contributed by atoms with Crippen molar-refractivity contribution < 1.29 is 19.4 Å². The lowest BCUT2D eigenvalue weighted by atomic mass is 9.99. The predicted octanol–water partition coefficient (Wildman–Crippen LogP) is 3.58. The quantitative estimate of drug-likeness (QED) is 0.425. The number of hydrogen-bond donors (Lipinski definition) is 2. The number of carboxylic acid groups (broad SMARTS) is 1. The normalized spacial score (nSPS) is 11.2. The van der Waals surface area contributed by atoms with Gasteiger partial charge < -0.3 is 10.2 Å². The lowest BCUT2D eigenvalue weighted by Gasteiger charge is -2.10. The summed E-state index contributed by atoms with van der Waals surface area (Å²) >= 11 is 0. The van der Waals surface area contributed by atoms with Crippen LogP contribution < -0.4 is 0 Å². The first-order chi connectivity index (χ1) is 15.9. The minimum atomic E-state index is -1.14. The molecule has 0 saturated carbocycles. The Labute approximate surface area is 186 Å². The van der Waals surface area contributed by atoms with Gasteiger partial charge in [-0.2, -0.15) is 15.2 Å². The van der Waals surface area contributed by atoms with E-state index >= 15 is 0 Å². The zero-order chi connectivity index (χ0) is 23.1. The highest BCUT2D eigenvalue weighted by atomic mass is 19.1. The van der Waals surface area contributed by atoms with Crippen molar-refractivity contribution in [2.24, 2.45) is 0 Å². The maximum atomic E-state index is 14.9. The van der Waals surface area contributed by atoms with Gasteiger partial charge in [0.15, 0.2) is 0 Å². The van der Waals surface area contributed by atoms with Gasteiger partial charge in [-0.05, 0) is 29.7 Å². The number of hydrogen-bond acceptors (Lipinski definition) is 6. The maximum absolute atomic E-state index is 14.9. The van der Waals surface area contributed by atoms with Crippen LogP contribution in [0.15, 0.2) is 61.1 Å². The standard InChI is InChI=1S/C23H17FN6O3/c1-13-4-2-3-5-16(13)17-7-6-14(8-18(17)24)11-29-20-19(10-26-29)27-23(28-21(20)31)30-12-15(9-25-30)22(32)33/h2-10,12H,11H2,1H3,(H,32,33)(H,27,28,31). The molecule has 0 unspecified atom stereocenters. The lowest BCUT2D eigenvalue weighted by Crippen LogP contribution is -2.05. The first-order valence-electron chi connectivity index (χ1n) is 9.96. The van der Waals surface area contributed by atoms with Crippen LogP contribution >= 0.6 is 0 Å². The average Bonchev–Trinajstić information content (AvgIpc) is 3.43. The van der Waals surface area contributed by atoms with Crippen LogP contribution in [-0.4, -0.2) is 45.7 Å². The smallest absolute Gasteiger partial charge is 0.338 e. The number of nitrogens with zero attached hydrogens (tertiary/aromatic N) is 6. The average molecular weight is 444 g/mol. The van der Waals surface area contributed by atoms with Gasteiger partial charge in [0.25, 0.3) is 5.95 Å². The molecule has 0 saturated heterocycles. The van der Waals surface area contributed by atoms with Crippen LogP contribution in [0, 0.1) is 12.7 Å². The largest absolute Gasteiger partial charge is 0.492 e. The van der Waals surface area contributed by atoms with Gasteiger partial charge in [-0.25, -0.2) is 18.9 Å². The maximum Gasteiger partial charge on any atom is 0.338 e. The van der Waals surface area contributed by atoms with Gasteiger partial charge in [0.05, 0.1) is 24.5 Å². The molecule has 2 N–H and O–H groups in total. The summed E-state index contributed by atoms with van der Waals surface area (Å²) in [5.74, 6) is -1.84. The second kappa shape index (κ2) is 7.83. The molecule has 2 aromatic carbocycles. The topological polar surface area (TPSA) is 119 Å². The van der Waals surface area contributed by atoms with E-state index in [1.807, 2.05) is 37.3 Å². The molecule has 0 atom stereocenters. The van der Waals surface area contributed by atoms with Gasteiger partial charge in [-0.3, -0.25) is 4.68 Å². The second-order valence-corrected chi connectivity index (χ2v) is 7.49. The zero-order valence-electron chi connectivity index (χ0n) is 17.3. The number of carbonyl (C=O) groups is 1. The Kier molecular flexibility index (Phi) is 4.82. The molecule has 33 heavy (non-hydrogen) atoms. The Balaban J connectivity index is 1.47. The van der Waals surface area contributed by atoms with Gasteiger partial charge >= 0.3 is 5.97 Å². The number of aromatic hydroxyl groups is 1. The third-order valence-electron chi connectivity index (χ3n) is 5.29. The van der Waals surface area contributed by atoms with Gasteiger partial charge in [-0.1, -0.05) is 36.4 Å². The summed E-state index contributed by atoms with van der Waals surface area (Å²) < 4.78 is 17.5. The fourth-order valence-electron chi connectivity index (χ4n) is 3.66. The van der Waals surface area contributed by atoms with E-state index in [9.17, 15) is 14.3 Å². The molecule has 0 aliphatic heterocycles. The Morgan fingerprint density at radius 3 is 2.61 bits per heavy atom. The molecule has 9 nitrogen and oxygen atoms in total. The third-order valence-corrected chi connectivity index (χ3v) is 5.29. The van der Waals surface area contributed by atoms with Gasteiger partial charge in [0.2, 0.25) is 5.88 Å². The summed E-state index contributed by atoms with van der Waals surface area (Å²) in [6.07, 6.45) is 3.84. The van der Waals surface area contributed by atoms with Crippen LogP contribution in [0.25, 0.3) is 28.1 Å². The summed E-state index contributed by atoms with van der Waals surface area (Å²) in [6, 6.07) is 12.6. The molecule has 0 spiro atoms. The summed E-state index contributed by atoms with van der Waals surface area (Å²) in [4.78, 5) is 19.4. The van der Waals surface area contributed by atoms with Crippen molar-refractivity contribution >= 4 is 17.0 Å². The van der Waals surface area contributed by atoms with E-state index in [-0.39, 0.29) is 35.3 Å². The number of benzene rings is 2. The Hall–Kier alpha value is -4.60. The Morgan fingerprint density at radius 2 is 1.88 bits per heavy atom. The van der Waals surface area contributed by atoms with Crippen LogP contribution in [0.1, 0.15) is 21.5 Å². The van der Waals surface area contributed by atoms with Gasteiger partial charge in [0.1, 0.15) is 16.9 Å². The van der Waals surface area contributed by atoms with Crippen molar-refractivity contribution in [2.45, 2.75) is 13.5 Å². The number of halogens is 1. The minimum Gasteiger partial charge on any atom is -0.492 e. The third kappa shape index (κ3) is 3.67. The molecule has 3 heterocycles. The van der Waals surface area contributed by atoms with Crippen molar-refractivity contribution in [3.63, 3.8) is 0 Å². The van der Waals surface area contributed by atoms with Gasteiger partial charge in [0, 0.05) is 11.8 Å². The van der Waals surface area contributed by atoms with Crippen LogP contribution in [0.5, 0.6) is 5.88 Å². The van der Waals surface area contributed by atoms with E-state index < -0.39 is 5.97 Å². The van der Waals surface area contributed by atoms with Crippen molar-refractivity contribution in [3.8, 4) is 23.0 Å². The summed E-state index contributed by atoms with van der Waals surface area (Å²) in [5.41, 5.74) is 3.54. The van der Waals surface area contributed by atoms with Gasteiger partial charge in [-0.15, -0.1) is 0 Å². The predicted molar refractivity (Wildman–Crippen MR) is 117 cm³/mol. The van der Waals surface area contributed by atoms with Crippen molar-refractivity contribution in [2.75, 3.05) is 0 Å². The van der Waals surface area contributed by atoms with Crippen molar-refractivity contribution in [1.29, 1.82) is 0 Å². The van der Waals surface area contributed by atoms with E-state index in [4.69, 9.17) is 5.11 Å². The van der Waals surface area contributed by atoms with Crippen LogP contribution in [-0.2, 0) is 6.54 Å². The molecule has 0 amide bonds. The second-order valence-electron chi connectivity index (χ2n) is 7.49. The molecular formula is C23H17FN6O3. The number of aryl methyl sites for hydroxylation is 1. The lowest BCUT2D eigenvalue weighted by molar-refractivity contribution is 0.0697. The zero-order valence-corrected chi connectivity index (χ0v) is 17.3. The first kappa shape index (κ1) is 20.3. The highest BCUT2D eigenvalue weighted by molar-refractivity contribution is 5.87. The molecule has 0 aliphatic rings. The highest BCUT2D eigenvalue weighted by Crippen LogP contribution is 2.28. The molecule has 0 bridgehead atoms. The molecule has 0 radical (unpaired) electrons. The number of aromatic nitrogens is 6. The van der Waals surface area contributed by atoms with E-state index in [0.29, 0.717) is 16.6 Å². The molecule has 5 rings (SSSR count). The molecule has 10 heteroatoms. The van der Waals surface area contributed by atoms with E-state index in [1.165, 1.54) is 23.1 Å². The van der Waals surface area contributed by atoms with E-state index in [0.717, 1.165) is 22.0 Å². The number of fused-ring (bicyclic) bond motifs is 1. The number of aromatic carboxylic acids is 1.